The van der Waals surface area contributed by atoms with E-state index in [1.165, 1.54) is 12.1 Å². The zero-order valence-electron chi connectivity index (χ0n) is 14.3. The summed E-state index contributed by atoms with van der Waals surface area (Å²) in [5, 5.41) is 6.23. The van der Waals surface area contributed by atoms with E-state index in [-0.39, 0.29) is 11.8 Å². The first-order valence-electron chi connectivity index (χ1n) is 8.21. The molecule has 26 heavy (non-hydrogen) atoms. The number of halogens is 2. The van der Waals surface area contributed by atoms with Crippen LogP contribution in [0.4, 0.5) is 14.9 Å². The number of carbonyl (C=O) groups is 1. The Hall–Kier alpha value is -2.79. The van der Waals surface area contributed by atoms with E-state index >= 15 is 0 Å². The van der Waals surface area contributed by atoms with Gasteiger partial charge in [0.1, 0.15) is 5.82 Å². The summed E-state index contributed by atoms with van der Waals surface area (Å²) in [5.74, 6) is -0.259. The van der Waals surface area contributed by atoms with Gasteiger partial charge in [-0.25, -0.2) is 9.18 Å². The summed E-state index contributed by atoms with van der Waals surface area (Å²) in [5.41, 5.74) is 3.28. The molecule has 0 bridgehead atoms. The van der Waals surface area contributed by atoms with Gasteiger partial charge in [0.05, 0.1) is 6.54 Å². The minimum Gasteiger partial charge on any atom is -0.345 e. The largest absolute Gasteiger partial charge is 0.345 e. The fraction of sp³-hybridized carbons (Fsp3) is 0.150. The SMILES string of the molecule is Cc1c(Cl)cccc1NC(=O)NCc1cccn1Cc1cccc(F)c1. The average molecular weight is 372 g/mol. The lowest BCUT2D eigenvalue weighted by atomic mass is 10.2. The second-order valence-electron chi connectivity index (χ2n) is 5.98. The number of amides is 2. The Labute approximate surface area is 156 Å². The molecule has 134 valence electrons. The molecule has 0 aliphatic carbocycles. The predicted octanol–water partition coefficient (Wildman–Crippen LogP) is 4.96. The summed E-state index contributed by atoms with van der Waals surface area (Å²) < 4.78 is 15.3. The molecule has 0 atom stereocenters. The van der Waals surface area contributed by atoms with Gasteiger partial charge in [-0.2, -0.15) is 0 Å². The van der Waals surface area contributed by atoms with Gasteiger partial charge in [0.15, 0.2) is 0 Å². The van der Waals surface area contributed by atoms with Crippen LogP contribution in [-0.2, 0) is 13.1 Å². The number of nitrogens with one attached hydrogen (secondary N) is 2. The van der Waals surface area contributed by atoms with E-state index in [9.17, 15) is 9.18 Å². The first-order valence-corrected chi connectivity index (χ1v) is 8.59. The second-order valence-corrected chi connectivity index (χ2v) is 6.38. The lowest BCUT2D eigenvalue weighted by molar-refractivity contribution is 0.251. The minimum atomic E-state index is -0.311. The van der Waals surface area contributed by atoms with Gasteiger partial charge in [0, 0.05) is 29.1 Å². The van der Waals surface area contributed by atoms with E-state index in [0.717, 1.165) is 16.8 Å². The van der Waals surface area contributed by atoms with E-state index in [1.807, 2.05) is 35.9 Å². The van der Waals surface area contributed by atoms with Crippen molar-refractivity contribution < 1.29 is 9.18 Å². The van der Waals surface area contributed by atoms with Crippen LogP contribution in [0.25, 0.3) is 0 Å². The lowest BCUT2D eigenvalue weighted by Gasteiger charge is -2.13. The van der Waals surface area contributed by atoms with Crippen LogP contribution in [0.1, 0.15) is 16.8 Å². The molecule has 1 heterocycles. The van der Waals surface area contributed by atoms with E-state index < -0.39 is 0 Å². The number of anilines is 1. The fourth-order valence-corrected chi connectivity index (χ4v) is 2.85. The Bertz CT molecular complexity index is 923. The summed E-state index contributed by atoms with van der Waals surface area (Å²) in [6, 6.07) is 15.4. The van der Waals surface area contributed by atoms with Gasteiger partial charge in [0.25, 0.3) is 0 Å². The summed E-state index contributed by atoms with van der Waals surface area (Å²) in [7, 11) is 0. The van der Waals surface area contributed by atoms with Crippen molar-refractivity contribution in [2.75, 3.05) is 5.32 Å². The molecule has 0 aliphatic heterocycles. The van der Waals surface area contributed by atoms with Crippen LogP contribution in [0.15, 0.2) is 60.8 Å². The van der Waals surface area contributed by atoms with Crippen LogP contribution in [0.3, 0.4) is 0 Å². The Morgan fingerprint density at radius 2 is 1.96 bits per heavy atom. The average Bonchev–Trinajstić information content (AvgIpc) is 3.04. The Morgan fingerprint density at radius 1 is 1.15 bits per heavy atom. The maximum absolute atomic E-state index is 13.3. The first kappa shape index (κ1) is 18.0. The van der Waals surface area contributed by atoms with Crippen LogP contribution >= 0.6 is 11.6 Å². The smallest absolute Gasteiger partial charge is 0.319 e. The van der Waals surface area contributed by atoms with Gasteiger partial charge in [0.2, 0.25) is 0 Å². The number of carbonyl (C=O) groups excluding carboxylic acids is 1. The minimum absolute atomic E-state index is 0.259. The quantitative estimate of drug-likeness (QED) is 0.654. The number of rotatable bonds is 5. The Morgan fingerprint density at radius 3 is 2.77 bits per heavy atom. The van der Waals surface area contributed by atoms with Gasteiger partial charge in [-0.3, -0.25) is 0 Å². The van der Waals surface area contributed by atoms with Crippen LogP contribution in [-0.4, -0.2) is 10.6 Å². The van der Waals surface area contributed by atoms with Crippen LogP contribution < -0.4 is 10.6 Å². The molecule has 0 spiro atoms. The molecule has 1 aromatic heterocycles. The van der Waals surface area contributed by atoms with E-state index in [1.54, 1.807) is 24.3 Å². The molecule has 0 saturated carbocycles. The van der Waals surface area contributed by atoms with Gasteiger partial charge in [-0.1, -0.05) is 29.8 Å². The zero-order chi connectivity index (χ0) is 18.5. The number of nitrogens with zero attached hydrogens (tertiary/aromatic N) is 1. The number of hydrogen-bond acceptors (Lipinski definition) is 1. The third-order valence-electron chi connectivity index (χ3n) is 4.11. The van der Waals surface area contributed by atoms with Crippen molar-refractivity contribution in [3.63, 3.8) is 0 Å². The standard InChI is InChI=1S/C20H19ClFN3O/c1-14-18(21)8-3-9-19(14)24-20(26)23-12-17-7-4-10-25(17)13-15-5-2-6-16(22)11-15/h2-11H,12-13H2,1H3,(H2,23,24,26). The Kier molecular flexibility index (Phi) is 5.58. The second kappa shape index (κ2) is 8.06. The van der Waals surface area contributed by atoms with Crippen molar-refractivity contribution in [1.82, 2.24) is 9.88 Å². The summed E-state index contributed by atoms with van der Waals surface area (Å²) in [6.07, 6.45) is 1.90. The molecular weight excluding hydrogens is 353 g/mol. The summed E-state index contributed by atoms with van der Waals surface area (Å²) >= 11 is 6.06. The topological polar surface area (TPSA) is 46.1 Å². The molecule has 2 N–H and O–H groups in total. The highest BCUT2D eigenvalue weighted by Crippen LogP contribution is 2.22. The molecule has 0 radical (unpaired) electrons. The molecule has 0 fully saturated rings. The normalized spacial score (nSPS) is 10.6. The molecule has 0 unspecified atom stereocenters. The monoisotopic (exact) mass is 371 g/mol. The van der Waals surface area contributed by atoms with Crippen LogP contribution in [0.5, 0.6) is 0 Å². The third-order valence-corrected chi connectivity index (χ3v) is 4.52. The molecule has 6 heteroatoms. The molecule has 4 nitrogen and oxygen atoms in total. The summed E-state index contributed by atoms with van der Waals surface area (Å²) in [4.78, 5) is 12.2. The molecule has 0 saturated heterocycles. The predicted molar refractivity (Wildman–Crippen MR) is 102 cm³/mol. The van der Waals surface area contributed by atoms with E-state index in [4.69, 9.17) is 11.6 Å². The summed E-state index contributed by atoms with van der Waals surface area (Å²) in [6.45, 7) is 2.74. The molecule has 2 aromatic carbocycles. The molecule has 2 amide bonds. The zero-order valence-corrected chi connectivity index (χ0v) is 15.1. The van der Waals surface area contributed by atoms with Gasteiger partial charge in [-0.05, 0) is 54.4 Å². The number of benzene rings is 2. The van der Waals surface area contributed by atoms with Crippen molar-refractivity contribution in [3.05, 3.63) is 88.5 Å². The van der Waals surface area contributed by atoms with Crippen LogP contribution in [0.2, 0.25) is 5.02 Å². The fourth-order valence-electron chi connectivity index (χ4n) is 2.68. The van der Waals surface area contributed by atoms with Crippen molar-refractivity contribution in [3.8, 4) is 0 Å². The van der Waals surface area contributed by atoms with Crippen molar-refractivity contribution in [2.45, 2.75) is 20.0 Å². The van der Waals surface area contributed by atoms with E-state index in [2.05, 4.69) is 10.6 Å². The van der Waals surface area contributed by atoms with Gasteiger partial charge >= 0.3 is 6.03 Å². The first-order chi connectivity index (χ1) is 12.5. The highest BCUT2D eigenvalue weighted by molar-refractivity contribution is 6.31. The van der Waals surface area contributed by atoms with Crippen LogP contribution in [0, 0.1) is 12.7 Å². The van der Waals surface area contributed by atoms with Crippen molar-refractivity contribution >= 4 is 23.3 Å². The lowest BCUT2D eigenvalue weighted by Crippen LogP contribution is -2.29. The molecule has 3 rings (SSSR count). The van der Waals surface area contributed by atoms with Crippen molar-refractivity contribution in [2.24, 2.45) is 0 Å². The number of urea groups is 1. The van der Waals surface area contributed by atoms with Gasteiger partial charge < -0.3 is 15.2 Å². The highest BCUT2D eigenvalue weighted by Gasteiger charge is 2.08. The highest BCUT2D eigenvalue weighted by atomic mass is 35.5. The van der Waals surface area contributed by atoms with Gasteiger partial charge in [-0.15, -0.1) is 0 Å². The van der Waals surface area contributed by atoms with E-state index in [0.29, 0.717) is 23.8 Å². The molecular formula is C20H19ClFN3O. The molecule has 0 aliphatic rings. The Balaban J connectivity index is 1.61. The maximum atomic E-state index is 13.3. The molecule has 3 aromatic rings. The van der Waals surface area contributed by atoms with Crippen molar-refractivity contribution in [1.29, 1.82) is 0 Å². The number of hydrogen-bond donors (Lipinski definition) is 2. The maximum Gasteiger partial charge on any atom is 0.319 e. The number of aromatic nitrogens is 1. The third kappa shape index (κ3) is 4.43.